The quantitative estimate of drug-likeness (QED) is 0.815. The predicted octanol–water partition coefficient (Wildman–Crippen LogP) is 0.927. The Hall–Kier alpha value is -2.28. The van der Waals surface area contributed by atoms with Crippen molar-refractivity contribution in [3.8, 4) is 12.3 Å². The fourth-order valence-electron chi connectivity index (χ4n) is 2.21. The van der Waals surface area contributed by atoms with Gasteiger partial charge in [-0.25, -0.2) is 0 Å². The van der Waals surface area contributed by atoms with Gasteiger partial charge in [-0.3, -0.25) is 9.59 Å². The summed E-state index contributed by atoms with van der Waals surface area (Å²) < 4.78 is 0. The summed E-state index contributed by atoms with van der Waals surface area (Å²) >= 11 is 0. The van der Waals surface area contributed by atoms with Crippen molar-refractivity contribution in [2.45, 2.75) is 25.4 Å². The van der Waals surface area contributed by atoms with E-state index in [1.165, 1.54) is 4.90 Å². The summed E-state index contributed by atoms with van der Waals surface area (Å²) in [5.41, 5.74) is 1.03. The van der Waals surface area contributed by atoms with Gasteiger partial charge in [-0.15, -0.1) is 6.42 Å². The molecule has 2 rings (SSSR count). The first-order valence-electron chi connectivity index (χ1n) is 6.27. The zero-order valence-electron chi connectivity index (χ0n) is 10.6. The summed E-state index contributed by atoms with van der Waals surface area (Å²) in [6.07, 6.45) is 6.16. The molecule has 1 unspecified atom stereocenters. The predicted molar refractivity (Wildman–Crippen MR) is 71.9 cm³/mol. The maximum atomic E-state index is 12.1. The molecule has 4 heteroatoms. The number of hydrogen-bond donors (Lipinski definition) is 1. The van der Waals surface area contributed by atoms with Crippen molar-refractivity contribution >= 4 is 11.8 Å². The number of hydrogen-bond acceptors (Lipinski definition) is 2. The van der Waals surface area contributed by atoms with Crippen LogP contribution < -0.4 is 5.32 Å². The minimum absolute atomic E-state index is 0.0437. The second kappa shape index (κ2) is 6.05. The minimum atomic E-state index is -0.424. The lowest BCUT2D eigenvalue weighted by Gasteiger charge is -2.21. The number of carbonyl (C=O) groups excluding carboxylic acids is 2. The van der Waals surface area contributed by atoms with E-state index in [1.54, 1.807) is 0 Å². The van der Waals surface area contributed by atoms with Crippen molar-refractivity contribution in [2.75, 3.05) is 6.54 Å². The van der Waals surface area contributed by atoms with Crippen molar-refractivity contribution in [1.29, 1.82) is 0 Å². The standard InChI is InChI=1S/C15H16N2O2/c1-2-10-17-13(8-9-14(17)18)15(19)16-11-12-6-4-3-5-7-12/h1,3-7,13H,8-11H2,(H,16,19). The summed E-state index contributed by atoms with van der Waals surface area (Å²) in [5, 5.41) is 2.85. The Morgan fingerprint density at radius 2 is 2.16 bits per heavy atom. The van der Waals surface area contributed by atoms with Crippen LogP contribution >= 0.6 is 0 Å². The van der Waals surface area contributed by atoms with Crippen molar-refractivity contribution in [2.24, 2.45) is 0 Å². The van der Waals surface area contributed by atoms with Crippen molar-refractivity contribution < 1.29 is 9.59 Å². The Labute approximate surface area is 112 Å². The van der Waals surface area contributed by atoms with Gasteiger partial charge >= 0.3 is 0 Å². The molecule has 19 heavy (non-hydrogen) atoms. The van der Waals surface area contributed by atoms with Gasteiger partial charge in [-0.05, 0) is 12.0 Å². The van der Waals surface area contributed by atoms with Crippen molar-refractivity contribution in [1.82, 2.24) is 10.2 Å². The molecule has 1 aromatic carbocycles. The maximum Gasteiger partial charge on any atom is 0.243 e. The molecule has 1 aliphatic heterocycles. The Kier molecular flexibility index (Phi) is 4.19. The average molecular weight is 256 g/mol. The largest absolute Gasteiger partial charge is 0.350 e. The third-order valence-electron chi connectivity index (χ3n) is 3.20. The first kappa shape index (κ1) is 13.2. The number of nitrogens with one attached hydrogen (secondary N) is 1. The smallest absolute Gasteiger partial charge is 0.243 e. The lowest BCUT2D eigenvalue weighted by atomic mass is 10.2. The zero-order valence-corrected chi connectivity index (χ0v) is 10.6. The van der Waals surface area contributed by atoms with Gasteiger partial charge in [0.1, 0.15) is 6.04 Å². The molecule has 1 heterocycles. The summed E-state index contributed by atoms with van der Waals surface area (Å²) in [5.74, 6) is 2.25. The molecule has 0 saturated carbocycles. The third kappa shape index (κ3) is 3.14. The fourth-order valence-corrected chi connectivity index (χ4v) is 2.21. The van der Waals surface area contributed by atoms with Crippen LogP contribution in [0.3, 0.4) is 0 Å². The highest BCUT2D eigenvalue weighted by atomic mass is 16.2. The first-order valence-corrected chi connectivity index (χ1v) is 6.27. The highest BCUT2D eigenvalue weighted by Gasteiger charge is 2.35. The van der Waals surface area contributed by atoms with Gasteiger partial charge in [-0.1, -0.05) is 36.3 Å². The molecular weight excluding hydrogens is 240 g/mol. The zero-order chi connectivity index (χ0) is 13.7. The van der Waals surface area contributed by atoms with E-state index in [4.69, 9.17) is 6.42 Å². The van der Waals surface area contributed by atoms with Gasteiger partial charge in [0.05, 0.1) is 6.54 Å². The van der Waals surface area contributed by atoms with E-state index in [9.17, 15) is 9.59 Å². The van der Waals surface area contributed by atoms with Gasteiger partial charge in [0, 0.05) is 13.0 Å². The van der Waals surface area contributed by atoms with E-state index in [-0.39, 0.29) is 18.4 Å². The van der Waals surface area contributed by atoms with Gasteiger partial charge < -0.3 is 10.2 Å². The summed E-state index contributed by atoms with van der Waals surface area (Å²) in [6, 6.07) is 9.23. The molecule has 98 valence electrons. The summed E-state index contributed by atoms with van der Waals surface area (Å²) in [6.45, 7) is 0.663. The van der Waals surface area contributed by atoms with E-state index in [0.717, 1.165) is 5.56 Å². The van der Waals surface area contributed by atoms with Gasteiger partial charge in [-0.2, -0.15) is 0 Å². The molecule has 0 spiro atoms. The van der Waals surface area contributed by atoms with Crippen LogP contribution in [0.2, 0.25) is 0 Å². The highest BCUT2D eigenvalue weighted by molar-refractivity contribution is 5.91. The molecule has 0 radical (unpaired) electrons. The SMILES string of the molecule is C#CCN1C(=O)CCC1C(=O)NCc1ccccc1. The van der Waals surface area contributed by atoms with Gasteiger partial charge in [0.2, 0.25) is 11.8 Å². The van der Waals surface area contributed by atoms with E-state index >= 15 is 0 Å². The van der Waals surface area contributed by atoms with E-state index in [1.807, 2.05) is 30.3 Å². The molecule has 1 saturated heterocycles. The van der Waals surface area contributed by atoms with E-state index in [0.29, 0.717) is 19.4 Å². The lowest BCUT2D eigenvalue weighted by Crippen LogP contribution is -2.44. The lowest BCUT2D eigenvalue weighted by molar-refractivity contribution is -0.134. The fraction of sp³-hybridized carbons (Fsp3) is 0.333. The molecule has 1 aromatic rings. The molecule has 0 aliphatic carbocycles. The van der Waals surface area contributed by atoms with Crippen LogP contribution in [-0.2, 0) is 16.1 Å². The first-order chi connectivity index (χ1) is 9.22. The molecule has 1 aliphatic rings. The molecule has 0 bridgehead atoms. The average Bonchev–Trinajstić information content (AvgIpc) is 2.80. The number of amides is 2. The second-order valence-corrected chi connectivity index (χ2v) is 4.48. The monoisotopic (exact) mass is 256 g/mol. The number of rotatable bonds is 4. The van der Waals surface area contributed by atoms with Crippen LogP contribution in [0, 0.1) is 12.3 Å². The van der Waals surface area contributed by atoms with E-state index in [2.05, 4.69) is 11.2 Å². The van der Waals surface area contributed by atoms with Crippen molar-refractivity contribution in [3.05, 3.63) is 35.9 Å². The molecular formula is C15H16N2O2. The van der Waals surface area contributed by atoms with Gasteiger partial charge in [0.25, 0.3) is 0 Å². The molecule has 1 fully saturated rings. The van der Waals surface area contributed by atoms with Crippen LogP contribution in [-0.4, -0.2) is 29.3 Å². The minimum Gasteiger partial charge on any atom is -0.350 e. The van der Waals surface area contributed by atoms with Crippen LogP contribution in [0.4, 0.5) is 0 Å². The maximum absolute atomic E-state index is 12.1. The van der Waals surface area contributed by atoms with E-state index < -0.39 is 6.04 Å². The molecule has 4 nitrogen and oxygen atoms in total. The van der Waals surface area contributed by atoms with Gasteiger partial charge in [0.15, 0.2) is 0 Å². The van der Waals surface area contributed by atoms with Crippen molar-refractivity contribution in [3.63, 3.8) is 0 Å². The molecule has 1 N–H and O–H groups in total. The number of benzene rings is 1. The molecule has 0 aromatic heterocycles. The third-order valence-corrected chi connectivity index (χ3v) is 3.20. The summed E-state index contributed by atoms with van der Waals surface area (Å²) in [7, 11) is 0. The van der Waals surface area contributed by atoms with Crippen LogP contribution in [0.1, 0.15) is 18.4 Å². The Balaban J connectivity index is 1.93. The topological polar surface area (TPSA) is 49.4 Å². The normalized spacial score (nSPS) is 18.2. The molecule has 1 atom stereocenters. The van der Waals surface area contributed by atoms with Crippen LogP contribution in [0.15, 0.2) is 30.3 Å². The number of carbonyl (C=O) groups is 2. The van der Waals surface area contributed by atoms with Crippen LogP contribution in [0.5, 0.6) is 0 Å². The van der Waals surface area contributed by atoms with Crippen LogP contribution in [0.25, 0.3) is 0 Å². The number of terminal acetylenes is 1. The highest BCUT2D eigenvalue weighted by Crippen LogP contribution is 2.18. The summed E-state index contributed by atoms with van der Waals surface area (Å²) in [4.78, 5) is 25.2. The Morgan fingerprint density at radius 1 is 1.42 bits per heavy atom. The number of nitrogens with zero attached hydrogens (tertiary/aromatic N) is 1. The Bertz CT molecular complexity index is 505. The number of likely N-dealkylation sites (tertiary alicyclic amines) is 1. The molecule has 2 amide bonds. The Morgan fingerprint density at radius 3 is 2.84 bits per heavy atom. The second-order valence-electron chi connectivity index (χ2n) is 4.48.